The van der Waals surface area contributed by atoms with Crippen molar-refractivity contribution >= 4 is 15.9 Å². The fourth-order valence-electron chi connectivity index (χ4n) is 2.38. The molecule has 0 bridgehead atoms. The second kappa shape index (κ2) is 8.68. The first kappa shape index (κ1) is 19.7. The van der Waals surface area contributed by atoms with Gasteiger partial charge in [0.05, 0.1) is 19.1 Å². The highest BCUT2D eigenvalue weighted by atomic mass is 32.2. The molecule has 0 unspecified atom stereocenters. The Morgan fingerprint density at radius 1 is 1.00 bits per heavy atom. The van der Waals surface area contributed by atoms with Crippen LogP contribution in [0.4, 0.5) is 0 Å². The number of hydrogen-bond donors (Lipinski definition) is 2. The SMILES string of the molecule is COc1ccc(CNC(=O)CCc2ccc(S(N)(=O)=O)cc2)cc1OC. The topological polar surface area (TPSA) is 108 Å². The Labute approximate surface area is 153 Å². The molecule has 2 aromatic rings. The summed E-state index contributed by atoms with van der Waals surface area (Å²) in [5.41, 5.74) is 1.76. The first-order valence-corrected chi connectivity index (χ1v) is 9.47. The Bertz CT molecular complexity index is 864. The number of ether oxygens (including phenoxy) is 2. The Kier molecular flexibility index (Phi) is 6.59. The van der Waals surface area contributed by atoms with Gasteiger partial charge in [-0.2, -0.15) is 0 Å². The molecule has 0 aromatic heterocycles. The van der Waals surface area contributed by atoms with Crippen molar-refractivity contribution in [1.29, 1.82) is 0 Å². The molecule has 0 aliphatic carbocycles. The van der Waals surface area contributed by atoms with Crippen LogP contribution in [0.15, 0.2) is 47.4 Å². The summed E-state index contributed by atoms with van der Waals surface area (Å²) in [5, 5.41) is 7.90. The number of carbonyl (C=O) groups is 1. The van der Waals surface area contributed by atoms with Crippen LogP contribution < -0.4 is 19.9 Å². The molecule has 140 valence electrons. The maximum atomic E-state index is 12.0. The van der Waals surface area contributed by atoms with Gasteiger partial charge in [-0.15, -0.1) is 0 Å². The van der Waals surface area contributed by atoms with Crippen molar-refractivity contribution in [3.05, 3.63) is 53.6 Å². The van der Waals surface area contributed by atoms with Crippen LogP contribution in [0.1, 0.15) is 17.5 Å². The number of carbonyl (C=O) groups excluding carboxylic acids is 1. The molecular weight excluding hydrogens is 356 g/mol. The van der Waals surface area contributed by atoms with E-state index in [-0.39, 0.29) is 10.8 Å². The van der Waals surface area contributed by atoms with Crippen molar-refractivity contribution in [3.8, 4) is 11.5 Å². The molecule has 0 spiro atoms. The van der Waals surface area contributed by atoms with Crippen LogP contribution in [0.5, 0.6) is 11.5 Å². The Morgan fingerprint density at radius 2 is 1.62 bits per heavy atom. The van der Waals surface area contributed by atoms with E-state index in [1.54, 1.807) is 32.4 Å². The second-order valence-corrected chi connectivity index (χ2v) is 7.22. The highest BCUT2D eigenvalue weighted by molar-refractivity contribution is 7.89. The number of benzene rings is 2. The van der Waals surface area contributed by atoms with Crippen molar-refractivity contribution in [2.45, 2.75) is 24.3 Å². The van der Waals surface area contributed by atoms with E-state index in [9.17, 15) is 13.2 Å². The summed E-state index contributed by atoms with van der Waals surface area (Å²) in [4.78, 5) is 12.1. The lowest BCUT2D eigenvalue weighted by Crippen LogP contribution is -2.23. The molecule has 2 rings (SSSR count). The fraction of sp³-hybridized carbons (Fsp3) is 0.278. The predicted molar refractivity (Wildman–Crippen MR) is 97.5 cm³/mol. The molecule has 26 heavy (non-hydrogen) atoms. The summed E-state index contributed by atoms with van der Waals surface area (Å²) >= 11 is 0. The third-order valence-corrected chi connectivity index (χ3v) is 4.76. The van der Waals surface area contributed by atoms with Crippen LogP contribution in [0.2, 0.25) is 0 Å². The van der Waals surface area contributed by atoms with Gasteiger partial charge < -0.3 is 14.8 Å². The first-order chi connectivity index (χ1) is 12.3. The highest BCUT2D eigenvalue weighted by Gasteiger charge is 2.09. The van der Waals surface area contributed by atoms with Crippen molar-refractivity contribution in [3.63, 3.8) is 0 Å². The number of hydrogen-bond acceptors (Lipinski definition) is 5. The number of amides is 1. The fourth-order valence-corrected chi connectivity index (χ4v) is 2.90. The van der Waals surface area contributed by atoms with Gasteiger partial charge >= 0.3 is 0 Å². The smallest absolute Gasteiger partial charge is 0.238 e. The van der Waals surface area contributed by atoms with Crippen molar-refractivity contribution < 1.29 is 22.7 Å². The van der Waals surface area contributed by atoms with E-state index < -0.39 is 10.0 Å². The molecule has 0 aliphatic rings. The normalized spacial score (nSPS) is 11.0. The van der Waals surface area contributed by atoms with Crippen molar-refractivity contribution in [1.82, 2.24) is 5.32 Å². The van der Waals surface area contributed by atoms with Gasteiger partial charge in [0.1, 0.15) is 0 Å². The van der Waals surface area contributed by atoms with E-state index in [1.165, 1.54) is 12.1 Å². The Hall–Kier alpha value is -2.58. The maximum absolute atomic E-state index is 12.0. The van der Waals surface area contributed by atoms with Crippen molar-refractivity contribution in [2.24, 2.45) is 5.14 Å². The zero-order valence-electron chi connectivity index (χ0n) is 14.7. The molecule has 0 atom stereocenters. The quantitative estimate of drug-likeness (QED) is 0.725. The maximum Gasteiger partial charge on any atom is 0.238 e. The van der Waals surface area contributed by atoms with Crippen LogP contribution in [0.3, 0.4) is 0 Å². The Morgan fingerprint density at radius 3 is 2.19 bits per heavy atom. The summed E-state index contributed by atoms with van der Waals surface area (Å²) in [7, 11) is -0.578. The molecule has 0 heterocycles. The van der Waals surface area contributed by atoms with Crippen LogP contribution in [0.25, 0.3) is 0 Å². The third kappa shape index (κ3) is 5.47. The molecule has 0 saturated heterocycles. The summed E-state index contributed by atoms with van der Waals surface area (Å²) in [6.07, 6.45) is 0.796. The number of rotatable bonds is 8. The first-order valence-electron chi connectivity index (χ1n) is 7.93. The molecule has 2 aromatic carbocycles. The van der Waals surface area contributed by atoms with E-state index in [0.717, 1.165) is 11.1 Å². The zero-order chi connectivity index (χ0) is 19.2. The summed E-state index contributed by atoms with van der Waals surface area (Å²) in [5.74, 6) is 1.13. The molecule has 3 N–H and O–H groups in total. The lowest BCUT2D eigenvalue weighted by molar-refractivity contribution is -0.121. The minimum Gasteiger partial charge on any atom is -0.493 e. The zero-order valence-corrected chi connectivity index (χ0v) is 15.5. The van der Waals surface area contributed by atoms with E-state index in [4.69, 9.17) is 14.6 Å². The average molecular weight is 378 g/mol. The molecule has 8 heteroatoms. The van der Waals surface area contributed by atoms with E-state index in [0.29, 0.717) is 30.9 Å². The molecule has 0 radical (unpaired) electrons. The van der Waals surface area contributed by atoms with Gasteiger partial charge in [0.25, 0.3) is 0 Å². The minimum absolute atomic E-state index is 0.0548. The molecule has 1 amide bonds. The molecule has 0 saturated carbocycles. The van der Waals surface area contributed by atoms with Crippen LogP contribution in [-0.4, -0.2) is 28.5 Å². The molecule has 0 fully saturated rings. The largest absolute Gasteiger partial charge is 0.493 e. The number of sulfonamides is 1. The standard InChI is InChI=1S/C18H22N2O5S/c1-24-16-9-5-14(11-17(16)25-2)12-20-18(21)10-6-13-3-7-15(8-4-13)26(19,22)23/h3-5,7-9,11H,6,10,12H2,1-2H3,(H,20,21)(H2,19,22,23). The Balaban J connectivity index is 1.86. The van der Waals surface area contributed by atoms with Gasteiger partial charge in [-0.1, -0.05) is 18.2 Å². The number of aryl methyl sites for hydroxylation is 1. The second-order valence-electron chi connectivity index (χ2n) is 5.66. The van der Waals surface area contributed by atoms with Gasteiger partial charge in [0, 0.05) is 13.0 Å². The van der Waals surface area contributed by atoms with E-state index in [2.05, 4.69) is 5.32 Å². The van der Waals surface area contributed by atoms with Crippen molar-refractivity contribution in [2.75, 3.05) is 14.2 Å². The lowest BCUT2D eigenvalue weighted by atomic mass is 10.1. The van der Waals surface area contributed by atoms with E-state index in [1.807, 2.05) is 12.1 Å². The summed E-state index contributed by atoms with van der Waals surface area (Å²) in [6.45, 7) is 0.379. The molecular formula is C18H22N2O5S. The summed E-state index contributed by atoms with van der Waals surface area (Å²) in [6, 6.07) is 11.6. The minimum atomic E-state index is -3.70. The van der Waals surface area contributed by atoms with Gasteiger partial charge in [-0.05, 0) is 41.8 Å². The lowest BCUT2D eigenvalue weighted by Gasteiger charge is -2.10. The molecule has 7 nitrogen and oxygen atoms in total. The number of nitrogens with one attached hydrogen (secondary N) is 1. The highest BCUT2D eigenvalue weighted by Crippen LogP contribution is 2.27. The van der Waals surface area contributed by atoms with Crippen LogP contribution >= 0.6 is 0 Å². The van der Waals surface area contributed by atoms with Gasteiger partial charge in [0.15, 0.2) is 11.5 Å². The summed E-state index contributed by atoms with van der Waals surface area (Å²) < 4.78 is 32.8. The number of nitrogens with two attached hydrogens (primary N) is 1. The van der Waals surface area contributed by atoms with Gasteiger partial charge in [-0.25, -0.2) is 13.6 Å². The monoisotopic (exact) mass is 378 g/mol. The van der Waals surface area contributed by atoms with Crippen LogP contribution in [0, 0.1) is 0 Å². The third-order valence-electron chi connectivity index (χ3n) is 3.83. The van der Waals surface area contributed by atoms with Gasteiger partial charge in [0.2, 0.25) is 15.9 Å². The number of primary sulfonamides is 1. The van der Waals surface area contributed by atoms with E-state index >= 15 is 0 Å². The average Bonchev–Trinajstić information content (AvgIpc) is 2.64. The van der Waals surface area contributed by atoms with Crippen LogP contribution in [-0.2, 0) is 27.8 Å². The number of methoxy groups -OCH3 is 2. The predicted octanol–water partition coefficient (Wildman–Crippen LogP) is 1.60. The molecule has 0 aliphatic heterocycles. The van der Waals surface area contributed by atoms with Gasteiger partial charge in [-0.3, -0.25) is 4.79 Å².